The van der Waals surface area contributed by atoms with Gasteiger partial charge in [-0.1, -0.05) is 30.3 Å². The number of aromatic nitrogens is 1. The molecule has 2 aromatic carbocycles. The van der Waals surface area contributed by atoms with Gasteiger partial charge in [0.15, 0.2) is 0 Å². The number of H-pyrrole nitrogens is 1. The fourth-order valence-electron chi connectivity index (χ4n) is 2.76. The first-order valence-corrected chi connectivity index (χ1v) is 7.88. The maximum Gasteiger partial charge on any atom is 0.407 e. The van der Waals surface area contributed by atoms with Crippen LogP contribution in [0, 0.1) is 6.92 Å². The predicted octanol–water partition coefficient (Wildman–Crippen LogP) is 3.65. The molecule has 3 rings (SSSR count). The number of alkyl carbamates (subject to hydrolysis) is 1. The summed E-state index contributed by atoms with van der Waals surface area (Å²) in [7, 11) is 0. The zero-order valence-corrected chi connectivity index (χ0v) is 13.5. The van der Waals surface area contributed by atoms with Crippen LogP contribution in [0.15, 0.2) is 48.5 Å². The molecule has 1 amide bonds. The highest BCUT2D eigenvalue weighted by Crippen LogP contribution is 2.25. The number of benzene rings is 2. The molecule has 0 aliphatic rings. The van der Waals surface area contributed by atoms with Gasteiger partial charge in [-0.2, -0.15) is 0 Å². The van der Waals surface area contributed by atoms with E-state index in [0.717, 1.165) is 27.7 Å². The van der Waals surface area contributed by atoms with E-state index in [1.807, 2.05) is 43.3 Å². The van der Waals surface area contributed by atoms with Crippen molar-refractivity contribution in [2.45, 2.75) is 20.0 Å². The first-order valence-electron chi connectivity index (χ1n) is 7.88. The standard InChI is InChI=1S/C19H20N2O3/c1-13-16(17-11-15(22)7-8-18(17)21-13)9-10-20-19(23)24-12-14-5-3-2-4-6-14/h2-8,11,21-22H,9-10,12H2,1H3,(H,20,23). The highest BCUT2D eigenvalue weighted by atomic mass is 16.5. The van der Waals surface area contributed by atoms with Crippen LogP contribution in [0.2, 0.25) is 0 Å². The zero-order valence-electron chi connectivity index (χ0n) is 13.5. The lowest BCUT2D eigenvalue weighted by molar-refractivity contribution is 0.140. The van der Waals surface area contributed by atoms with Crippen molar-refractivity contribution in [3.8, 4) is 5.75 Å². The Balaban J connectivity index is 1.54. The predicted molar refractivity (Wildman–Crippen MR) is 93.0 cm³/mol. The number of aromatic hydroxyl groups is 1. The molecule has 0 saturated heterocycles. The highest BCUT2D eigenvalue weighted by Gasteiger charge is 2.10. The summed E-state index contributed by atoms with van der Waals surface area (Å²) in [6.45, 7) is 2.71. The number of phenols is 1. The number of ether oxygens (including phenoxy) is 1. The molecule has 124 valence electrons. The second-order valence-electron chi connectivity index (χ2n) is 5.70. The van der Waals surface area contributed by atoms with Gasteiger partial charge < -0.3 is 20.1 Å². The van der Waals surface area contributed by atoms with E-state index in [0.29, 0.717) is 13.0 Å². The van der Waals surface area contributed by atoms with Gasteiger partial charge in [0.25, 0.3) is 0 Å². The number of amides is 1. The van der Waals surface area contributed by atoms with Crippen LogP contribution in [-0.2, 0) is 17.8 Å². The van der Waals surface area contributed by atoms with Crippen molar-refractivity contribution in [2.24, 2.45) is 0 Å². The first kappa shape index (κ1) is 15.9. The number of rotatable bonds is 5. The van der Waals surface area contributed by atoms with Gasteiger partial charge in [0.1, 0.15) is 12.4 Å². The van der Waals surface area contributed by atoms with Crippen LogP contribution in [0.25, 0.3) is 10.9 Å². The quantitative estimate of drug-likeness (QED) is 0.670. The highest BCUT2D eigenvalue weighted by molar-refractivity contribution is 5.86. The number of hydrogen-bond acceptors (Lipinski definition) is 3. The average molecular weight is 324 g/mol. The Bertz CT molecular complexity index is 840. The fraction of sp³-hybridized carbons (Fsp3) is 0.211. The van der Waals surface area contributed by atoms with E-state index in [2.05, 4.69) is 10.3 Å². The smallest absolute Gasteiger partial charge is 0.407 e. The van der Waals surface area contributed by atoms with E-state index in [1.165, 1.54) is 0 Å². The maximum atomic E-state index is 11.8. The van der Waals surface area contributed by atoms with Gasteiger partial charge in [0.05, 0.1) is 0 Å². The van der Waals surface area contributed by atoms with E-state index in [1.54, 1.807) is 12.1 Å². The second kappa shape index (κ2) is 7.08. The number of aryl methyl sites for hydroxylation is 1. The lowest BCUT2D eigenvalue weighted by Gasteiger charge is -2.07. The normalized spacial score (nSPS) is 10.7. The fourth-order valence-corrected chi connectivity index (χ4v) is 2.76. The monoisotopic (exact) mass is 324 g/mol. The summed E-state index contributed by atoms with van der Waals surface area (Å²) in [4.78, 5) is 15.1. The summed E-state index contributed by atoms with van der Waals surface area (Å²) < 4.78 is 5.19. The van der Waals surface area contributed by atoms with Crippen molar-refractivity contribution in [2.75, 3.05) is 6.54 Å². The van der Waals surface area contributed by atoms with Gasteiger partial charge in [0, 0.05) is 23.1 Å². The van der Waals surface area contributed by atoms with Gasteiger partial charge in [-0.3, -0.25) is 0 Å². The lowest BCUT2D eigenvalue weighted by atomic mass is 10.1. The number of phenolic OH excluding ortho intramolecular Hbond substituents is 1. The van der Waals surface area contributed by atoms with Crippen molar-refractivity contribution >= 4 is 17.0 Å². The summed E-state index contributed by atoms with van der Waals surface area (Å²) in [5, 5.41) is 13.4. The summed E-state index contributed by atoms with van der Waals surface area (Å²) in [6, 6.07) is 14.8. The number of nitrogens with one attached hydrogen (secondary N) is 2. The third-order valence-corrected chi connectivity index (χ3v) is 3.96. The van der Waals surface area contributed by atoms with Crippen molar-refractivity contribution in [1.29, 1.82) is 0 Å². The summed E-state index contributed by atoms with van der Waals surface area (Å²) >= 11 is 0. The third kappa shape index (κ3) is 3.68. The first-order chi connectivity index (χ1) is 11.6. The van der Waals surface area contributed by atoms with Gasteiger partial charge in [-0.25, -0.2) is 4.79 Å². The van der Waals surface area contributed by atoms with E-state index in [9.17, 15) is 9.90 Å². The molecule has 0 bridgehead atoms. The van der Waals surface area contributed by atoms with Crippen molar-refractivity contribution in [3.63, 3.8) is 0 Å². The third-order valence-electron chi connectivity index (χ3n) is 3.96. The minimum atomic E-state index is -0.431. The largest absolute Gasteiger partial charge is 0.508 e. The number of fused-ring (bicyclic) bond motifs is 1. The van der Waals surface area contributed by atoms with Gasteiger partial charge in [-0.05, 0) is 42.7 Å². The number of hydrogen-bond donors (Lipinski definition) is 3. The van der Waals surface area contributed by atoms with Crippen molar-refractivity contribution in [3.05, 3.63) is 65.4 Å². The molecular formula is C19H20N2O3. The van der Waals surface area contributed by atoms with Crippen LogP contribution in [-0.4, -0.2) is 22.7 Å². The Kier molecular flexibility index (Phi) is 4.70. The Morgan fingerprint density at radius 2 is 2.00 bits per heavy atom. The topological polar surface area (TPSA) is 74.4 Å². The molecule has 5 heteroatoms. The Morgan fingerprint density at radius 1 is 1.21 bits per heavy atom. The van der Waals surface area contributed by atoms with Crippen LogP contribution >= 0.6 is 0 Å². The van der Waals surface area contributed by atoms with Crippen LogP contribution in [0.5, 0.6) is 5.75 Å². The molecule has 0 aliphatic heterocycles. The lowest BCUT2D eigenvalue weighted by Crippen LogP contribution is -2.26. The molecule has 24 heavy (non-hydrogen) atoms. The van der Waals surface area contributed by atoms with Crippen LogP contribution in [0.1, 0.15) is 16.8 Å². The van der Waals surface area contributed by atoms with E-state index >= 15 is 0 Å². The second-order valence-corrected chi connectivity index (χ2v) is 5.70. The van der Waals surface area contributed by atoms with Crippen LogP contribution in [0.4, 0.5) is 4.79 Å². The SMILES string of the molecule is Cc1[nH]c2ccc(O)cc2c1CCNC(=O)OCc1ccccc1. The molecule has 0 saturated carbocycles. The Morgan fingerprint density at radius 3 is 2.79 bits per heavy atom. The van der Waals surface area contributed by atoms with Crippen LogP contribution in [0.3, 0.4) is 0 Å². The van der Waals surface area contributed by atoms with E-state index in [4.69, 9.17) is 4.74 Å². The zero-order chi connectivity index (χ0) is 16.9. The molecule has 0 atom stereocenters. The molecular weight excluding hydrogens is 304 g/mol. The molecule has 0 aliphatic carbocycles. The van der Waals surface area contributed by atoms with E-state index in [-0.39, 0.29) is 12.4 Å². The molecule has 5 nitrogen and oxygen atoms in total. The number of carbonyl (C=O) groups is 1. The molecule has 0 spiro atoms. The molecule has 1 aromatic heterocycles. The van der Waals surface area contributed by atoms with Crippen LogP contribution < -0.4 is 5.32 Å². The summed E-state index contributed by atoms with van der Waals surface area (Å²) in [5.74, 6) is 0.234. The molecule has 0 radical (unpaired) electrons. The summed E-state index contributed by atoms with van der Waals surface area (Å²) in [5.41, 5.74) is 4.06. The minimum Gasteiger partial charge on any atom is -0.508 e. The molecule has 1 heterocycles. The Hall–Kier alpha value is -2.95. The van der Waals surface area contributed by atoms with Crippen molar-refractivity contribution < 1.29 is 14.6 Å². The van der Waals surface area contributed by atoms with Gasteiger partial charge in [0.2, 0.25) is 0 Å². The molecule has 0 unspecified atom stereocenters. The molecule has 3 aromatic rings. The van der Waals surface area contributed by atoms with Crippen molar-refractivity contribution in [1.82, 2.24) is 10.3 Å². The van der Waals surface area contributed by atoms with E-state index < -0.39 is 6.09 Å². The Labute approximate surface area is 140 Å². The number of aromatic amines is 1. The molecule has 0 fully saturated rings. The summed E-state index contributed by atoms with van der Waals surface area (Å²) in [6.07, 6.45) is 0.231. The molecule has 3 N–H and O–H groups in total. The minimum absolute atomic E-state index is 0.234. The number of carbonyl (C=O) groups excluding carboxylic acids is 1. The maximum absolute atomic E-state index is 11.8. The van der Waals surface area contributed by atoms with Gasteiger partial charge in [-0.15, -0.1) is 0 Å². The van der Waals surface area contributed by atoms with Gasteiger partial charge >= 0.3 is 6.09 Å². The average Bonchev–Trinajstić information content (AvgIpc) is 2.89.